The van der Waals surface area contributed by atoms with Gasteiger partial charge in [0.05, 0.1) is 28.7 Å². The molecule has 1 heterocycles. The molecule has 1 aromatic carbocycles. The number of hydrogen-bond acceptors (Lipinski definition) is 4. The van der Waals surface area contributed by atoms with Crippen LogP contribution in [0.25, 0.3) is 10.9 Å². The average Bonchev–Trinajstić information content (AvgIpc) is 3.35. The van der Waals surface area contributed by atoms with E-state index in [1.54, 1.807) is 0 Å². The summed E-state index contributed by atoms with van der Waals surface area (Å²) in [7, 11) is 0. The Morgan fingerprint density at radius 1 is 1.39 bits per heavy atom. The van der Waals surface area contributed by atoms with Crippen LogP contribution in [-0.2, 0) is 21.4 Å². The van der Waals surface area contributed by atoms with Gasteiger partial charge < -0.3 is 5.11 Å². The second kappa shape index (κ2) is 7.05. The first-order valence-corrected chi connectivity index (χ1v) is 10.2. The highest BCUT2D eigenvalue weighted by Crippen LogP contribution is 2.42. The lowest BCUT2D eigenvalue weighted by Crippen LogP contribution is -2.40. The predicted octanol–water partition coefficient (Wildman–Crippen LogP) is 3.93. The van der Waals surface area contributed by atoms with Crippen molar-refractivity contribution in [1.29, 1.82) is 5.26 Å². The van der Waals surface area contributed by atoms with Crippen LogP contribution in [0.4, 0.5) is 0 Å². The Labute approximate surface area is 164 Å². The fourth-order valence-electron chi connectivity index (χ4n) is 4.92. The summed E-state index contributed by atoms with van der Waals surface area (Å²) in [6.45, 7) is 2.09. The SMILES string of the molecule is CCc1nn(C2CCCC2)c2cc(C3(C#N)CCC(=O)C(C(=O)O)C3)ccc12. The number of benzene rings is 1. The number of aliphatic carboxylic acids is 1. The molecule has 0 bridgehead atoms. The van der Waals surface area contributed by atoms with E-state index in [1.165, 1.54) is 12.8 Å². The van der Waals surface area contributed by atoms with Gasteiger partial charge in [0.25, 0.3) is 0 Å². The first-order valence-electron chi connectivity index (χ1n) is 10.2. The number of carboxylic acids is 1. The molecule has 1 aromatic heterocycles. The maximum atomic E-state index is 12.0. The lowest BCUT2D eigenvalue weighted by Gasteiger charge is -2.33. The van der Waals surface area contributed by atoms with E-state index in [2.05, 4.69) is 17.7 Å². The normalized spacial score (nSPS) is 25.9. The summed E-state index contributed by atoms with van der Waals surface area (Å²) >= 11 is 0. The Kier molecular flexibility index (Phi) is 4.70. The van der Waals surface area contributed by atoms with Crippen LogP contribution in [0.15, 0.2) is 18.2 Å². The molecule has 2 saturated carbocycles. The second-order valence-electron chi connectivity index (χ2n) is 8.17. The van der Waals surface area contributed by atoms with Crippen LogP contribution in [0.2, 0.25) is 0 Å². The summed E-state index contributed by atoms with van der Waals surface area (Å²) in [4.78, 5) is 23.6. The fourth-order valence-corrected chi connectivity index (χ4v) is 4.92. The number of carboxylic acid groups (broad SMARTS) is 1. The number of Topliss-reactive ketones (excluding diaryl/α,β-unsaturated/α-hetero) is 1. The van der Waals surface area contributed by atoms with Crippen LogP contribution < -0.4 is 0 Å². The number of hydrogen-bond donors (Lipinski definition) is 1. The third-order valence-corrected chi connectivity index (χ3v) is 6.59. The zero-order valence-corrected chi connectivity index (χ0v) is 16.1. The quantitative estimate of drug-likeness (QED) is 0.812. The molecule has 2 fully saturated rings. The molecule has 2 unspecified atom stereocenters. The highest BCUT2D eigenvalue weighted by Gasteiger charge is 2.45. The number of ketones is 1. The summed E-state index contributed by atoms with van der Waals surface area (Å²) in [5, 5.41) is 25.4. The summed E-state index contributed by atoms with van der Waals surface area (Å²) < 4.78 is 2.12. The minimum Gasteiger partial charge on any atom is -0.481 e. The van der Waals surface area contributed by atoms with Crippen molar-refractivity contribution < 1.29 is 14.7 Å². The molecule has 28 heavy (non-hydrogen) atoms. The Morgan fingerprint density at radius 2 is 2.14 bits per heavy atom. The fraction of sp³-hybridized carbons (Fsp3) is 0.545. The third kappa shape index (κ3) is 2.90. The Hall–Kier alpha value is -2.68. The van der Waals surface area contributed by atoms with Crippen molar-refractivity contribution in [2.45, 2.75) is 69.7 Å². The molecule has 2 aromatic rings. The highest BCUT2D eigenvalue weighted by atomic mass is 16.4. The van der Waals surface area contributed by atoms with Crippen LogP contribution in [-0.4, -0.2) is 26.6 Å². The van der Waals surface area contributed by atoms with Gasteiger partial charge in [-0.25, -0.2) is 0 Å². The smallest absolute Gasteiger partial charge is 0.314 e. The molecular weight excluding hydrogens is 354 g/mol. The maximum Gasteiger partial charge on any atom is 0.314 e. The number of nitrogens with zero attached hydrogens (tertiary/aromatic N) is 3. The zero-order chi connectivity index (χ0) is 19.9. The van der Waals surface area contributed by atoms with Crippen LogP contribution in [0, 0.1) is 17.2 Å². The van der Waals surface area contributed by atoms with Crippen molar-refractivity contribution in [3.8, 4) is 6.07 Å². The molecule has 2 aliphatic rings. The van der Waals surface area contributed by atoms with Gasteiger partial charge in [-0.3, -0.25) is 14.3 Å². The number of fused-ring (bicyclic) bond motifs is 1. The summed E-state index contributed by atoms with van der Waals surface area (Å²) in [5.74, 6) is -2.51. The number of aryl methyl sites for hydroxylation is 1. The minimum absolute atomic E-state index is 0.0430. The maximum absolute atomic E-state index is 12.0. The van der Waals surface area contributed by atoms with Gasteiger partial charge in [0.15, 0.2) is 0 Å². The van der Waals surface area contributed by atoms with E-state index < -0.39 is 17.3 Å². The lowest BCUT2D eigenvalue weighted by atomic mass is 9.66. The van der Waals surface area contributed by atoms with Crippen LogP contribution in [0.1, 0.15) is 69.2 Å². The summed E-state index contributed by atoms with van der Waals surface area (Å²) in [6, 6.07) is 8.73. The van der Waals surface area contributed by atoms with Gasteiger partial charge in [-0.2, -0.15) is 10.4 Å². The molecule has 0 spiro atoms. The van der Waals surface area contributed by atoms with Gasteiger partial charge in [0.2, 0.25) is 0 Å². The topological polar surface area (TPSA) is 96.0 Å². The Balaban J connectivity index is 1.82. The van der Waals surface area contributed by atoms with E-state index in [0.717, 1.165) is 41.4 Å². The predicted molar refractivity (Wildman–Crippen MR) is 104 cm³/mol. The molecule has 0 aliphatic heterocycles. The van der Waals surface area contributed by atoms with Gasteiger partial charge in [0, 0.05) is 11.8 Å². The number of rotatable bonds is 4. The molecular formula is C22H25N3O3. The molecule has 4 rings (SSSR count). The molecule has 0 amide bonds. The van der Waals surface area contributed by atoms with Gasteiger partial charge in [-0.15, -0.1) is 0 Å². The third-order valence-electron chi connectivity index (χ3n) is 6.59. The van der Waals surface area contributed by atoms with Crippen molar-refractivity contribution in [2.24, 2.45) is 5.92 Å². The monoisotopic (exact) mass is 379 g/mol. The van der Waals surface area contributed by atoms with Crippen LogP contribution in [0.3, 0.4) is 0 Å². The minimum atomic E-state index is -1.13. The van der Waals surface area contributed by atoms with Crippen molar-refractivity contribution in [3.63, 3.8) is 0 Å². The molecule has 2 atom stereocenters. The molecule has 0 saturated heterocycles. The van der Waals surface area contributed by atoms with Crippen LogP contribution >= 0.6 is 0 Å². The molecule has 2 aliphatic carbocycles. The number of carbonyl (C=O) groups is 2. The molecule has 6 nitrogen and oxygen atoms in total. The molecule has 0 radical (unpaired) electrons. The van der Waals surface area contributed by atoms with E-state index in [0.29, 0.717) is 12.5 Å². The first kappa shape index (κ1) is 18.7. The van der Waals surface area contributed by atoms with E-state index in [9.17, 15) is 20.0 Å². The first-order chi connectivity index (χ1) is 13.5. The molecule has 6 heteroatoms. The highest BCUT2D eigenvalue weighted by molar-refractivity contribution is 5.99. The average molecular weight is 379 g/mol. The Bertz CT molecular complexity index is 981. The van der Waals surface area contributed by atoms with Crippen molar-refractivity contribution in [3.05, 3.63) is 29.5 Å². The van der Waals surface area contributed by atoms with E-state index in [-0.39, 0.29) is 18.6 Å². The van der Waals surface area contributed by atoms with Crippen molar-refractivity contribution in [1.82, 2.24) is 9.78 Å². The van der Waals surface area contributed by atoms with E-state index in [1.807, 2.05) is 18.2 Å². The van der Waals surface area contributed by atoms with Gasteiger partial charge >= 0.3 is 5.97 Å². The van der Waals surface area contributed by atoms with Gasteiger partial charge in [-0.1, -0.05) is 31.9 Å². The second-order valence-corrected chi connectivity index (χ2v) is 8.17. The molecule has 1 N–H and O–H groups in total. The lowest BCUT2D eigenvalue weighted by molar-refractivity contribution is -0.148. The molecule has 146 valence electrons. The number of carbonyl (C=O) groups excluding carboxylic acids is 1. The van der Waals surface area contributed by atoms with Crippen molar-refractivity contribution >= 4 is 22.7 Å². The number of aromatic nitrogens is 2. The summed E-state index contributed by atoms with van der Waals surface area (Å²) in [5.41, 5.74) is 1.95. The van der Waals surface area contributed by atoms with Crippen LogP contribution in [0.5, 0.6) is 0 Å². The van der Waals surface area contributed by atoms with E-state index in [4.69, 9.17) is 5.10 Å². The van der Waals surface area contributed by atoms with E-state index >= 15 is 0 Å². The number of nitriles is 1. The summed E-state index contributed by atoms with van der Waals surface area (Å²) in [6.07, 6.45) is 6.03. The van der Waals surface area contributed by atoms with Crippen molar-refractivity contribution in [2.75, 3.05) is 0 Å². The standard InChI is InChI=1S/C22H25N3O3/c1-2-18-16-8-7-14(11-19(16)25(24-18)15-5-3-4-6-15)22(13-23)10-9-20(26)17(12-22)21(27)28/h7-8,11,15,17H,2-6,9-10,12H2,1H3,(H,27,28). The zero-order valence-electron chi connectivity index (χ0n) is 16.1. The van der Waals surface area contributed by atoms with Gasteiger partial charge in [0.1, 0.15) is 11.7 Å². The largest absolute Gasteiger partial charge is 0.481 e. The van der Waals surface area contributed by atoms with Gasteiger partial charge in [-0.05, 0) is 43.7 Å². The Morgan fingerprint density at radius 3 is 2.79 bits per heavy atom.